The van der Waals surface area contributed by atoms with E-state index >= 15 is 0 Å². The van der Waals surface area contributed by atoms with Crippen LogP contribution >= 0.6 is 0 Å². The minimum atomic E-state index is 0.215. The first kappa shape index (κ1) is 16.5. The van der Waals surface area contributed by atoms with E-state index < -0.39 is 0 Å². The molecule has 0 spiro atoms. The van der Waals surface area contributed by atoms with E-state index in [0.717, 1.165) is 13.1 Å². The smallest absolute Gasteiger partial charge is 0.0332 e. The number of hydrogen-bond donors (Lipinski definition) is 1. The van der Waals surface area contributed by atoms with Crippen molar-refractivity contribution in [2.24, 2.45) is 5.73 Å². The largest absolute Gasteiger partial charge is 0.329 e. The fraction of sp³-hybridized carbons (Fsp3) is 0.684. The second-order valence-electron chi connectivity index (χ2n) is 7.10. The van der Waals surface area contributed by atoms with Crippen LogP contribution in [0.15, 0.2) is 24.3 Å². The van der Waals surface area contributed by atoms with Gasteiger partial charge in [0.2, 0.25) is 0 Å². The number of nitrogens with zero attached hydrogens (tertiary/aromatic N) is 1. The summed E-state index contributed by atoms with van der Waals surface area (Å²) in [7, 11) is 2.26. The molecule has 0 saturated heterocycles. The molecule has 1 aromatic rings. The lowest BCUT2D eigenvalue weighted by Gasteiger charge is -2.41. The number of nitrogens with two attached hydrogens (primary N) is 1. The molecule has 0 aromatic heterocycles. The van der Waals surface area contributed by atoms with Gasteiger partial charge in [0.15, 0.2) is 0 Å². The fourth-order valence-electron chi connectivity index (χ4n) is 3.58. The van der Waals surface area contributed by atoms with Crippen molar-refractivity contribution in [1.82, 2.24) is 4.90 Å². The third kappa shape index (κ3) is 4.08. The predicted molar refractivity (Wildman–Crippen MR) is 91.5 cm³/mol. The topological polar surface area (TPSA) is 29.3 Å². The minimum absolute atomic E-state index is 0.215. The molecule has 0 radical (unpaired) electrons. The van der Waals surface area contributed by atoms with Gasteiger partial charge in [-0.2, -0.15) is 0 Å². The lowest BCUT2D eigenvalue weighted by molar-refractivity contribution is 0.0997. The van der Waals surface area contributed by atoms with E-state index in [1.54, 1.807) is 0 Å². The molecule has 1 aliphatic rings. The lowest BCUT2D eigenvalue weighted by Crippen LogP contribution is -2.51. The maximum absolute atomic E-state index is 6.18. The molecule has 1 saturated carbocycles. The van der Waals surface area contributed by atoms with Crippen LogP contribution in [0.2, 0.25) is 0 Å². The SMILES string of the molecule is CC(C)c1ccc(CN(C)C2(CN)CCCCCC2)cc1. The molecule has 2 rings (SSSR count). The lowest BCUT2D eigenvalue weighted by atomic mass is 9.88. The van der Waals surface area contributed by atoms with Crippen LogP contribution in [0.5, 0.6) is 0 Å². The van der Waals surface area contributed by atoms with E-state index in [0.29, 0.717) is 5.92 Å². The summed E-state index contributed by atoms with van der Waals surface area (Å²) in [6.07, 6.45) is 7.91. The van der Waals surface area contributed by atoms with Crippen LogP contribution < -0.4 is 5.73 Å². The Morgan fingerprint density at radius 3 is 2.10 bits per heavy atom. The van der Waals surface area contributed by atoms with Crippen molar-refractivity contribution in [2.75, 3.05) is 13.6 Å². The van der Waals surface area contributed by atoms with Crippen molar-refractivity contribution in [3.05, 3.63) is 35.4 Å². The molecule has 0 bridgehead atoms. The van der Waals surface area contributed by atoms with E-state index in [1.165, 1.54) is 49.7 Å². The maximum Gasteiger partial charge on any atom is 0.0332 e. The van der Waals surface area contributed by atoms with Crippen molar-refractivity contribution in [2.45, 2.75) is 70.4 Å². The van der Waals surface area contributed by atoms with Gasteiger partial charge in [0.05, 0.1) is 0 Å². The summed E-state index contributed by atoms with van der Waals surface area (Å²) in [6, 6.07) is 9.12. The highest BCUT2D eigenvalue weighted by Crippen LogP contribution is 2.32. The van der Waals surface area contributed by atoms with E-state index in [9.17, 15) is 0 Å². The van der Waals surface area contributed by atoms with E-state index in [-0.39, 0.29) is 5.54 Å². The Balaban J connectivity index is 2.05. The quantitative estimate of drug-likeness (QED) is 0.819. The van der Waals surface area contributed by atoms with Gasteiger partial charge >= 0.3 is 0 Å². The summed E-state index contributed by atoms with van der Waals surface area (Å²) in [5, 5.41) is 0. The molecule has 2 N–H and O–H groups in total. The average Bonchev–Trinajstić information content (AvgIpc) is 2.74. The van der Waals surface area contributed by atoms with Crippen molar-refractivity contribution in [1.29, 1.82) is 0 Å². The Labute approximate surface area is 130 Å². The van der Waals surface area contributed by atoms with Gasteiger partial charge in [-0.15, -0.1) is 0 Å². The van der Waals surface area contributed by atoms with Gasteiger partial charge in [-0.25, -0.2) is 0 Å². The summed E-state index contributed by atoms with van der Waals surface area (Å²) in [5.41, 5.74) is 9.22. The zero-order chi connectivity index (χ0) is 15.3. The number of benzene rings is 1. The van der Waals surface area contributed by atoms with E-state index in [4.69, 9.17) is 5.73 Å². The molecule has 118 valence electrons. The highest BCUT2D eigenvalue weighted by molar-refractivity contribution is 5.24. The molecule has 0 amide bonds. The summed E-state index contributed by atoms with van der Waals surface area (Å²) in [6.45, 7) is 6.29. The first-order valence-corrected chi connectivity index (χ1v) is 8.57. The number of likely N-dealkylation sites (N-methyl/N-ethyl adjacent to an activating group) is 1. The average molecular weight is 288 g/mol. The molecule has 0 atom stereocenters. The number of hydrogen-bond acceptors (Lipinski definition) is 2. The van der Waals surface area contributed by atoms with E-state index in [1.807, 2.05) is 0 Å². The summed E-state index contributed by atoms with van der Waals surface area (Å²) in [4.78, 5) is 2.52. The van der Waals surface area contributed by atoms with Crippen LogP contribution in [0.1, 0.15) is 69.4 Å². The van der Waals surface area contributed by atoms with Crippen molar-refractivity contribution < 1.29 is 0 Å². The molecule has 2 nitrogen and oxygen atoms in total. The Morgan fingerprint density at radius 1 is 1.05 bits per heavy atom. The first-order chi connectivity index (χ1) is 10.1. The summed E-state index contributed by atoms with van der Waals surface area (Å²) >= 11 is 0. The third-order valence-corrected chi connectivity index (χ3v) is 5.29. The molecular weight excluding hydrogens is 256 g/mol. The fourth-order valence-corrected chi connectivity index (χ4v) is 3.58. The minimum Gasteiger partial charge on any atom is -0.329 e. The first-order valence-electron chi connectivity index (χ1n) is 8.57. The summed E-state index contributed by atoms with van der Waals surface area (Å²) < 4.78 is 0. The van der Waals surface area contributed by atoms with Crippen LogP contribution in [0.3, 0.4) is 0 Å². The number of rotatable bonds is 5. The van der Waals surface area contributed by atoms with Gasteiger partial charge in [0, 0.05) is 18.6 Å². The highest BCUT2D eigenvalue weighted by Gasteiger charge is 2.33. The molecular formula is C19H32N2. The molecule has 21 heavy (non-hydrogen) atoms. The Morgan fingerprint density at radius 2 is 1.62 bits per heavy atom. The van der Waals surface area contributed by atoms with Crippen molar-refractivity contribution >= 4 is 0 Å². The molecule has 1 fully saturated rings. The Kier molecular flexibility index (Phi) is 5.83. The normalized spacial score (nSPS) is 19.0. The summed E-state index contributed by atoms with van der Waals surface area (Å²) in [5.74, 6) is 0.606. The molecule has 0 aliphatic heterocycles. The van der Waals surface area contributed by atoms with Gasteiger partial charge < -0.3 is 5.73 Å². The van der Waals surface area contributed by atoms with Crippen molar-refractivity contribution in [3.63, 3.8) is 0 Å². The van der Waals surface area contributed by atoms with Gasteiger partial charge in [-0.05, 0) is 36.9 Å². The standard InChI is InChI=1S/C19H32N2/c1-16(2)18-10-8-17(9-11-18)14-21(3)19(15-20)12-6-4-5-7-13-19/h8-11,16H,4-7,12-15,20H2,1-3H3. The Bertz CT molecular complexity index is 414. The molecule has 0 unspecified atom stereocenters. The van der Waals surface area contributed by atoms with Crippen molar-refractivity contribution in [3.8, 4) is 0 Å². The van der Waals surface area contributed by atoms with Crippen LogP contribution in [-0.4, -0.2) is 24.0 Å². The van der Waals surface area contributed by atoms with E-state index in [2.05, 4.69) is 50.1 Å². The molecule has 2 heteroatoms. The maximum atomic E-state index is 6.18. The molecule has 1 aromatic carbocycles. The van der Waals surface area contributed by atoms with Crippen LogP contribution in [0.25, 0.3) is 0 Å². The monoisotopic (exact) mass is 288 g/mol. The Hall–Kier alpha value is -0.860. The van der Waals surface area contributed by atoms with Crippen LogP contribution in [0, 0.1) is 0 Å². The second kappa shape index (κ2) is 7.42. The van der Waals surface area contributed by atoms with Gasteiger partial charge in [-0.3, -0.25) is 4.90 Å². The van der Waals surface area contributed by atoms with Crippen LogP contribution in [0.4, 0.5) is 0 Å². The van der Waals surface area contributed by atoms with Gasteiger partial charge in [-0.1, -0.05) is 63.8 Å². The zero-order valence-electron chi connectivity index (χ0n) is 14.1. The molecule has 0 heterocycles. The zero-order valence-corrected chi connectivity index (χ0v) is 14.1. The predicted octanol–water partition coefficient (Wildman–Crippen LogP) is 4.29. The second-order valence-corrected chi connectivity index (χ2v) is 7.10. The highest BCUT2D eigenvalue weighted by atomic mass is 15.2. The van der Waals surface area contributed by atoms with Crippen LogP contribution in [-0.2, 0) is 6.54 Å². The third-order valence-electron chi connectivity index (χ3n) is 5.29. The van der Waals surface area contributed by atoms with Gasteiger partial charge in [0.25, 0.3) is 0 Å². The molecule has 1 aliphatic carbocycles. The van der Waals surface area contributed by atoms with Gasteiger partial charge in [0.1, 0.15) is 0 Å².